The lowest BCUT2D eigenvalue weighted by Gasteiger charge is -2.25. The van der Waals surface area contributed by atoms with Gasteiger partial charge < -0.3 is 19.9 Å². The van der Waals surface area contributed by atoms with E-state index < -0.39 is 58.1 Å². The van der Waals surface area contributed by atoms with E-state index in [9.17, 15) is 23.6 Å². The number of halogens is 1. The van der Waals surface area contributed by atoms with Crippen LogP contribution in [0.15, 0.2) is 11.0 Å². The molecule has 12 heteroatoms. The number of hydrogen-bond acceptors (Lipinski definition) is 10. The first-order valence-corrected chi connectivity index (χ1v) is 8.71. The van der Waals surface area contributed by atoms with Crippen LogP contribution >= 0.6 is 11.8 Å². The molecule has 27 heavy (non-hydrogen) atoms. The van der Waals surface area contributed by atoms with Crippen molar-refractivity contribution in [3.8, 4) is 0 Å². The van der Waals surface area contributed by atoms with Gasteiger partial charge in [-0.1, -0.05) is 0 Å². The van der Waals surface area contributed by atoms with Gasteiger partial charge in [0.2, 0.25) is 0 Å². The molecule has 10 nitrogen and oxygen atoms in total. The minimum absolute atomic E-state index is 0.175. The zero-order chi connectivity index (χ0) is 20.3. The lowest BCUT2D eigenvalue weighted by Crippen LogP contribution is -2.42. The number of rotatable bonds is 5. The third-order valence-electron chi connectivity index (χ3n) is 3.55. The number of esters is 3. The van der Waals surface area contributed by atoms with Gasteiger partial charge in [0.25, 0.3) is 0 Å². The van der Waals surface area contributed by atoms with Crippen molar-refractivity contribution in [2.24, 2.45) is 0 Å². The normalized spacial score (nSPS) is 24.3. The molecule has 1 fully saturated rings. The van der Waals surface area contributed by atoms with Gasteiger partial charge in [0.15, 0.2) is 23.8 Å². The average molecular weight is 403 g/mol. The summed E-state index contributed by atoms with van der Waals surface area (Å²) in [5.74, 6) is -3.45. The van der Waals surface area contributed by atoms with Crippen LogP contribution in [0.4, 0.5) is 10.2 Å². The molecule has 2 heterocycles. The first kappa shape index (κ1) is 20.7. The molecule has 4 atom stereocenters. The molecule has 0 aliphatic carbocycles. The Morgan fingerprint density at radius 2 is 1.78 bits per heavy atom. The predicted octanol–water partition coefficient (Wildman–Crippen LogP) is 0.00510. The Balaban J connectivity index is 2.45. The molecule has 0 radical (unpaired) electrons. The van der Waals surface area contributed by atoms with E-state index in [1.807, 2.05) is 0 Å². The molecule has 2 N–H and O–H groups in total. The van der Waals surface area contributed by atoms with Crippen LogP contribution in [0.25, 0.3) is 0 Å². The summed E-state index contributed by atoms with van der Waals surface area (Å²) >= 11 is 1.02. The van der Waals surface area contributed by atoms with Gasteiger partial charge in [0, 0.05) is 27.0 Å². The molecule has 0 aromatic carbocycles. The smallest absolute Gasteiger partial charge is 0.350 e. The minimum Gasteiger partial charge on any atom is -0.465 e. The molecular weight excluding hydrogens is 385 g/mol. The van der Waals surface area contributed by atoms with Crippen molar-refractivity contribution in [2.45, 2.75) is 43.6 Å². The van der Waals surface area contributed by atoms with E-state index in [1.54, 1.807) is 0 Å². The Morgan fingerprint density at radius 1 is 1.19 bits per heavy atom. The summed E-state index contributed by atoms with van der Waals surface area (Å²) in [6, 6.07) is 0. The zero-order valence-corrected chi connectivity index (χ0v) is 15.5. The van der Waals surface area contributed by atoms with E-state index in [0.29, 0.717) is 0 Å². The molecule has 2 rings (SSSR count). The Hall–Kier alpha value is -2.63. The summed E-state index contributed by atoms with van der Waals surface area (Å²) in [5.41, 5.74) is 4.41. The van der Waals surface area contributed by atoms with Gasteiger partial charge >= 0.3 is 23.6 Å². The highest BCUT2D eigenvalue weighted by molar-refractivity contribution is 8.00. The molecule has 0 amide bonds. The summed E-state index contributed by atoms with van der Waals surface area (Å²) in [5, 5.41) is -1.64. The van der Waals surface area contributed by atoms with Crippen molar-refractivity contribution < 1.29 is 33.0 Å². The van der Waals surface area contributed by atoms with Crippen molar-refractivity contribution in [2.75, 3.05) is 12.3 Å². The quantitative estimate of drug-likeness (QED) is 0.528. The predicted molar refractivity (Wildman–Crippen MR) is 91.0 cm³/mol. The number of thioether (sulfide) groups is 1. The number of nitrogen functional groups attached to an aromatic ring is 1. The fourth-order valence-corrected chi connectivity index (χ4v) is 4.07. The number of ether oxygens (including phenoxy) is 3. The van der Waals surface area contributed by atoms with Gasteiger partial charge in [-0.3, -0.25) is 19.0 Å². The summed E-state index contributed by atoms with van der Waals surface area (Å²) in [6.45, 7) is 3.32. The molecule has 0 saturated carbocycles. The number of carbonyl (C=O) groups excluding carboxylic acids is 3. The highest BCUT2D eigenvalue weighted by Crippen LogP contribution is 2.44. The van der Waals surface area contributed by atoms with Gasteiger partial charge in [-0.05, 0) is 0 Å². The third-order valence-corrected chi connectivity index (χ3v) is 5.08. The van der Waals surface area contributed by atoms with Gasteiger partial charge in [-0.15, -0.1) is 11.8 Å². The van der Waals surface area contributed by atoms with Crippen LogP contribution in [0, 0.1) is 5.82 Å². The first-order valence-electron chi connectivity index (χ1n) is 7.77. The number of hydrogen-bond donors (Lipinski definition) is 1. The molecule has 1 aromatic heterocycles. The molecule has 0 spiro atoms. The second-order valence-corrected chi connectivity index (χ2v) is 7.04. The Labute approximate surface area is 157 Å². The number of carbonyl (C=O) groups is 3. The first-order chi connectivity index (χ1) is 12.6. The fraction of sp³-hybridized carbons (Fsp3) is 0.533. The fourth-order valence-electron chi connectivity index (χ4n) is 2.56. The van der Waals surface area contributed by atoms with Gasteiger partial charge in [0.05, 0.1) is 5.25 Å². The monoisotopic (exact) mass is 403 g/mol. The summed E-state index contributed by atoms with van der Waals surface area (Å²) in [4.78, 5) is 49.7. The van der Waals surface area contributed by atoms with Crippen LogP contribution in [0.1, 0.15) is 26.1 Å². The number of aromatic nitrogens is 2. The summed E-state index contributed by atoms with van der Waals surface area (Å²) in [7, 11) is 0. The van der Waals surface area contributed by atoms with Crippen LogP contribution in [0.2, 0.25) is 0 Å². The number of nitrogens with zero attached hydrogens (tertiary/aromatic N) is 2. The van der Waals surface area contributed by atoms with Gasteiger partial charge in [-0.2, -0.15) is 4.98 Å². The minimum atomic E-state index is -1.14. The largest absolute Gasteiger partial charge is 0.465 e. The van der Waals surface area contributed by atoms with Crippen LogP contribution in [-0.2, 0) is 28.6 Å². The standard InChI is InChI=1S/C15H18FN3O7S/c1-6(20)24-5-10-11(25-7(2)21)12(26-8(3)22)14(27-10)19-4-9(16)13(17)18-15(19)23/h4,10-12,14H,5H2,1-3H3,(H2,17,18,23)/t10-,11-,12-,14-/m0/s1. The van der Waals surface area contributed by atoms with Crippen molar-refractivity contribution in [3.05, 3.63) is 22.5 Å². The SMILES string of the molecule is CC(=O)OC[C@@H]1S[C@H](n2cc(F)c(N)nc2=O)[C@@H](OC(C)=O)[C@H]1OC(C)=O. The molecule has 148 valence electrons. The topological polar surface area (TPSA) is 140 Å². The summed E-state index contributed by atoms with van der Waals surface area (Å²) < 4.78 is 30.2. The molecule has 0 bridgehead atoms. The molecule has 1 saturated heterocycles. The van der Waals surface area contributed by atoms with Crippen LogP contribution in [0.3, 0.4) is 0 Å². The van der Waals surface area contributed by atoms with Crippen molar-refractivity contribution in [1.29, 1.82) is 0 Å². The Bertz CT molecular complexity index is 815. The summed E-state index contributed by atoms with van der Waals surface area (Å²) in [6.07, 6.45) is -1.34. The van der Waals surface area contributed by atoms with Crippen LogP contribution in [-0.4, -0.2) is 51.5 Å². The van der Waals surface area contributed by atoms with E-state index in [2.05, 4.69) is 4.98 Å². The van der Waals surface area contributed by atoms with Crippen LogP contribution in [0.5, 0.6) is 0 Å². The average Bonchev–Trinajstić information content (AvgIpc) is 2.85. The maximum Gasteiger partial charge on any atom is 0.350 e. The number of anilines is 1. The molecule has 1 aliphatic rings. The molecule has 1 aliphatic heterocycles. The van der Waals surface area contributed by atoms with Gasteiger partial charge in [0.1, 0.15) is 12.0 Å². The second-order valence-electron chi connectivity index (χ2n) is 5.68. The van der Waals surface area contributed by atoms with E-state index >= 15 is 0 Å². The lowest BCUT2D eigenvalue weighted by molar-refractivity contribution is -0.166. The van der Waals surface area contributed by atoms with Gasteiger partial charge in [-0.25, -0.2) is 9.18 Å². The lowest BCUT2D eigenvalue weighted by atomic mass is 10.1. The van der Waals surface area contributed by atoms with E-state index in [4.69, 9.17) is 19.9 Å². The van der Waals surface area contributed by atoms with Crippen LogP contribution < -0.4 is 11.4 Å². The van der Waals surface area contributed by atoms with Crippen molar-refractivity contribution in [1.82, 2.24) is 9.55 Å². The third kappa shape index (κ3) is 4.96. The highest BCUT2D eigenvalue weighted by atomic mass is 32.2. The van der Waals surface area contributed by atoms with Crippen molar-refractivity contribution in [3.63, 3.8) is 0 Å². The zero-order valence-electron chi connectivity index (χ0n) is 14.7. The molecule has 1 aromatic rings. The second kappa shape index (κ2) is 8.37. The van der Waals surface area contributed by atoms with Crippen molar-refractivity contribution >= 4 is 35.5 Å². The number of nitrogens with two attached hydrogens (primary N) is 1. The maximum atomic E-state index is 13.8. The molecular formula is C15H18FN3O7S. The maximum absolute atomic E-state index is 13.8. The Morgan fingerprint density at radius 3 is 2.33 bits per heavy atom. The molecule has 0 unspecified atom stereocenters. The van der Waals surface area contributed by atoms with E-state index in [0.717, 1.165) is 36.4 Å². The van der Waals surface area contributed by atoms with E-state index in [1.165, 1.54) is 6.92 Å². The Kier molecular flexibility index (Phi) is 6.41. The highest BCUT2D eigenvalue weighted by Gasteiger charge is 2.50. The van der Waals surface area contributed by atoms with E-state index in [-0.39, 0.29) is 6.61 Å².